The third kappa shape index (κ3) is 3.88. The van der Waals surface area contributed by atoms with Gasteiger partial charge in [0.2, 0.25) is 5.95 Å². The summed E-state index contributed by atoms with van der Waals surface area (Å²) < 4.78 is 1.71. The highest BCUT2D eigenvalue weighted by Crippen LogP contribution is 2.24. The molecule has 4 aromatic rings. The second-order valence-electron chi connectivity index (χ2n) is 5.85. The monoisotopic (exact) mass is 378 g/mol. The number of rotatable bonds is 5. The summed E-state index contributed by atoms with van der Waals surface area (Å²) in [7, 11) is 0. The topological polar surface area (TPSA) is 88.5 Å². The van der Waals surface area contributed by atoms with Crippen LogP contribution in [0.25, 0.3) is 11.4 Å². The molecule has 0 radical (unpaired) electrons. The Kier molecular flexibility index (Phi) is 4.67. The molecule has 0 fully saturated rings. The van der Waals surface area contributed by atoms with Crippen LogP contribution in [0.5, 0.6) is 0 Å². The van der Waals surface area contributed by atoms with Gasteiger partial charge in [-0.25, -0.2) is 0 Å². The summed E-state index contributed by atoms with van der Waals surface area (Å²) in [5.41, 5.74) is 2.24. The molecule has 4 rings (SSSR count). The molecule has 0 unspecified atom stereocenters. The summed E-state index contributed by atoms with van der Waals surface area (Å²) in [6.45, 7) is 0.589. The maximum Gasteiger partial charge on any atom is 0.261 e. The van der Waals surface area contributed by atoms with Gasteiger partial charge in [-0.2, -0.15) is 10.1 Å². The van der Waals surface area contributed by atoms with Crippen LogP contribution >= 0.6 is 11.6 Å². The highest BCUT2D eigenvalue weighted by atomic mass is 35.5. The van der Waals surface area contributed by atoms with Crippen LogP contribution in [-0.4, -0.2) is 30.9 Å². The van der Waals surface area contributed by atoms with E-state index in [0.717, 1.165) is 5.56 Å². The highest BCUT2D eigenvalue weighted by molar-refractivity contribution is 6.33. The lowest BCUT2D eigenvalue weighted by Gasteiger charge is -2.01. The summed E-state index contributed by atoms with van der Waals surface area (Å²) in [5.74, 6) is 0.320. The Balaban J connectivity index is 1.45. The number of H-pyrrole nitrogens is 1. The van der Waals surface area contributed by atoms with E-state index in [1.54, 1.807) is 16.9 Å². The van der Waals surface area contributed by atoms with Gasteiger partial charge in [-0.3, -0.25) is 19.9 Å². The molecular weight excluding hydrogens is 364 g/mol. The molecule has 27 heavy (non-hydrogen) atoms. The summed E-state index contributed by atoms with van der Waals surface area (Å²) in [6, 6.07) is 17.2. The van der Waals surface area contributed by atoms with Gasteiger partial charge in [0.15, 0.2) is 5.82 Å². The van der Waals surface area contributed by atoms with Crippen LogP contribution in [0.15, 0.2) is 67.0 Å². The quantitative estimate of drug-likeness (QED) is 0.555. The summed E-state index contributed by atoms with van der Waals surface area (Å²) >= 11 is 6.15. The summed E-state index contributed by atoms with van der Waals surface area (Å²) in [6.07, 6.45) is 3.20. The van der Waals surface area contributed by atoms with E-state index in [0.29, 0.717) is 28.5 Å². The van der Waals surface area contributed by atoms with Crippen molar-refractivity contribution in [3.63, 3.8) is 0 Å². The van der Waals surface area contributed by atoms with E-state index in [9.17, 15) is 4.79 Å². The van der Waals surface area contributed by atoms with Gasteiger partial charge in [-0.1, -0.05) is 54.1 Å². The maximum atomic E-state index is 12.4. The summed E-state index contributed by atoms with van der Waals surface area (Å²) in [5, 5.41) is 14.2. The Bertz CT molecular complexity index is 1070. The fourth-order valence-electron chi connectivity index (χ4n) is 2.60. The van der Waals surface area contributed by atoms with Crippen LogP contribution in [0.1, 0.15) is 15.9 Å². The van der Waals surface area contributed by atoms with Crippen molar-refractivity contribution in [2.24, 2.45) is 0 Å². The van der Waals surface area contributed by atoms with Gasteiger partial charge in [-0.05, 0) is 17.7 Å². The van der Waals surface area contributed by atoms with E-state index in [4.69, 9.17) is 11.6 Å². The molecule has 7 nitrogen and oxygen atoms in total. The minimum atomic E-state index is -0.334. The molecule has 134 valence electrons. The highest BCUT2D eigenvalue weighted by Gasteiger charge is 2.14. The minimum Gasteiger partial charge on any atom is -0.289 e. The van der Waals surface area contributed by atoms with Crippen molar-refractivity contribution in [1.82, 2.24) is 25.0 Å². The molecule has 0 bridgehead atoms. The van der Waals surface area contributed by atoms with Gasteiger partial charge in [0, 0.05) is 11.8 Å². The standard InChI is InChI=1S/C19H15ClN6O/c20-16-9-5-4-8-15(16)17-22-19(25-24-17)23-18(27)14-10-21-26(12-14)11-13-6-2-1-3-7-13/h1-10,12H,11H2,(H2,22,23,24,25,27). The number of benzene rings is 2. The van der Waals surface area contributed by atoms with E-state index < -0.39 is 0 Å². The molecule has 0 spiro atoms. The van der Waals surface area contributed by atoms with Crippen LogP contribution in [0, 0.1) is 0 Å². The normalized spacial score (nSPS) is 10.7. The fourth-order valence-corrected chi connectivity index (χ4v) is 2.83. The number of amides is 1. The maximum absolute atomic E-state index is 12.4. The van der Waals surface area contributed by atoms with E-state index in [1.165, 1.54) is 6.20 Å². The van der Waals surface area contributed by atoms with Gasteiger partial charge in [0.1, 0.15) is 0 Å². The SMILES string of the molecule is O=C(Nc1n[nH]c(-c2ccccc2Cl)n1)c1cnn(Cc2ccccc2)c1. The second kappa shape index (κ2) is 7.43. The molecule has 2 aromatic heterocycles. The lowest BCUT2D eigenvalue weighted by Crippen LogP contribution is -2.12. The zero-order valence-corrected chi connectivity index (χ0v) is 14.9. The molecule has 2 N–H and O–H groups in total. The molecule has 2 aromatic carbocycles. The molecular formula is C19H15ClN6O. The van der Waals surface area contributed by atoms with E-state index in [2.05, 4.69) is 25.6 Å². The zero-order valence-electron chi connectivity index (χ0n) is 14.1. The summed E-state index contributed by atoms with van der Waals surface area (Å²) in [4.78, 5) is 16.7. The molecule has 2 heterocycles. The van der Waals surface area contributed by atoms with Crippen molar-refractivity contribution in [3.8, 4) is 11.4 Å². The van der Waals surface area contributed by atoms with Crippen LogP contribution < -0.4 is 5.32 Å². The average molecular weight is 379 g/mol. The molecule has 0 aliphatic rings. The first-order valence-corrected chi connectivity index (χ1v) is 8.62. The number of hydrogen-bond donors (Lipinski definition) is 2. The minimum absolute atomic E-state index is 0.172. The van der Waals surface area contributed by atoms with E-state index >= 15 is 0 Å². The smallest absolute Gasteiger partial charge is 0.261 e. The van der Waals surface area contributed by atoms with Gasteiger partial charge >= 0.3 is 0 Å². The van der Waals surface area contributed by atoms with Crippen molar-refractivity contribution in [1.29, 1.82) is 0 Å². The Labute approximate surface area is 160 Å². The van der Waals surface area contributed by atoms with Crippen molar-refractivity contribution >= 4 is 23.5 Å². The molecule has 1 amide bonds. The first-order chi connectivity index (χ1) is 13.2. The fraction of sp³-hybridized carbons (Fsp3) is 0.0526. The Morgan fingerprint density at radius 3 is 2.70 bits per heavy atom. The largest absolute Gasteiger partial charge is 0.289 e. The average Bonchev–Trinajstić information content (AvgIpc) is 3.33. The van der Waals surface area contributed by atoms with Crippen molar-refractivity contribution < 1.29 is 4.79 Å². The van der Waals surface area contributed by atoms with Crippen LogP contribution in [0.3, 0.4) is 0 Å². The van der Waals surface area contributed by atoms with Crippen molar-refractivity contribution in [3.05, 3.63) is 83.1 Å². The van der Waals surface area contributed by atoms with Crippen LogP contribution in [-0.2, 0) is 6.54 Å². The Morgan fingerprint density at radius 2 is 1.89 bits per heavy atom. The molecule has 0 aliphatic heterocycles. The second-order valence-corrected chi connectivity index (χ2v) is 6.26. The molecule has 0 aliphatic carbocycles. The zero-order chi connectivity index (χ0) is 18.6. The van der Waals surface area contributed by atoms with E-state index in [1.807, 2.05) is 48.5 Å². The molecule has 0 atom stereocenters. The molecule has 8 heteroatoms. The lowest BCUT2D eigenvalue weighted by molar-refractivity contribution is 0.102. The number of carbonyl (C=O) groups excluding carboxylic acids is 1. The van der Waals surface area contributed by atoms with Gasteiger partial charge in [0.05, 0.1) is 23.3 Å². The number of nitrogens with one attached hydrogen (secondary N) is 2. The van der Waals surface area contributed by atoms with E-state index in [-0.39, 0.29) is 11.9 Å². The predicted octanol–water partition coefficient (Wildman–Crippen LogP) is 3.62. The molecule has 0 saturated carbocycles. The van der Waals surface area contributed by atoms with Crippen molar-refractivity contribution in [2.75, 3.05) is 5.32 Å². The number of halogens is 1. The number of carbonyl (C=O) groups is 1. The van der Waals surface area contributed by atoms with Gasteiger partial charge in [0.25, 0.3) is 5.91 Å². The number of nitrogens with zero attached hydrogens (tertiary/aromatic N) is 4. The Morgan fingerprint density at radius 1 is 1.11 bits per heavy atom. The predicted molar refractivity (Wildman–Crippen MR) is 103 cm³/mol. The Hall–Kier alpha value is -3.45. The molecule has 0 saturated heterocycles. The first-order valence-electron chi connectivity index (χ1n) is 8.24. The van der Waals surface area contributed by atoms with Crippen LogP contribution in [0.4, 0.5) is 5.95 Å². The van der Waals surface area contributed by atoms with Crippen molar-refractivity contribution in [2.45, 2.75) is 6.54 Å². The first kappa shape index (κ1) is 17.0. The number of aromatic amines is 1. The van der Waals surface area contributed by atoms with Gasteiger partial charge in [-0.15, -0.1) is 5.10 Å². The number of aromatic nitrogens is 5. The third-order valence-electron chi connectivity index (χ3n) is 3.92. The van der Waals surface area contributed by atoms with Crippen LogP contribution in [0.2, 0.25) is 5.02 Å². The third-order valence-corrected chi connectivity index (χ3v) is 4.25. The number of anilines is 1. The lowest BCUT2D eigenvalue weighted by atomic mass is 10.2. The van der Waals surface area contributed by atoms with Gasteiger partial charge < -0.3 is 0 Å². The number of hydrogen-bond acceptors (Lipinski definition) is 4.